The molecular weight excluding hydrogens is 512 g/mol. The SMILES string of the molecule is Nc1c(C(=O)c2ccc(Br)cc2)sc2nc(C3CC3)cc(-c3ccc(Br)cc3)c12. The number of pyridine rings is 1. The van der Waals surface area contributed by atoms with E-state index in [1.54, 1.807) is 0 Å². The van der Waals surface area contributed by atoms with E-state index in [2.05, 4.69) is 50.1 Å². The number of ketones is 1. The number of thiophene rings is 1. The van der Waals surface area contributed by atoms with Crippen molar-refractivity contribution in [1.82, 2.24) is 4.98 Å². The highest BCUT2D eigenvalue weighted by atomic mass is 79.9. The van der Waals surface area contributed by atoms with Gasteiger partial charge in [0.1, 0.15) is 9.71 Å². The summed E-state index contributed by atoms with van der Waals surface area (Å²) >= 11 is 8.31. The summed E-state index contributed by atoms with van der Waals surface area (Å²) in [4.78, 5) is 19.4. The Morgan fingerprint density at radius 3 is 2.24 bits per heavy atom. The van der Waals surface area contributed by atoms with Crippen LogP contribution in [-0.4, -0.2) is 10.8 Å². The molecule has 0 radical (unpaired) electrons. The third-order valence-corrected chi connectivity index (χ3v) is 7.34. The molecule has 0 bridgehead atoms. The molecule has 29 heavy (non-hydrogen) atoms. The summed E-state index contributed by atoms with van der Waals surface area (Å²) in [5, 5.41) is 0.877. The van der Waals surface area contributed by atoms with Gasteiger partial charge in [0.15, 0.2) is 0 Å². The molecule has 0 spiro atoms. The van der Waals surface area contributed by atoms with Crippen LogP contribution >= 0.6 is 43.2 Å². The molecule has 6 heteroatoms. The third kappa shape index (κ3) is 3.54. The number of anilines is 1. The normalized spacial score (nSPS) is 13.7. The van der Waals surface area contributed by atoms with Crippen molar-refractivity contribution in [3.05, 3.63) is 79.7 Å². The number of benzene rings is 2. The Hall–Kier alpha value is -2.02. The zero-order valence-electron chi connectivity index (χ0n) is 15.3. The monoisotopic (exact) mass is 526 g/mol. The van der Waals surface area contributed by atoms with Gasteiger partial charge in [-0.05, 0) is 66.4 Å². The number of carbonyl (C=O) groups is 1. The van der Waals surface area contributed by atoms with Gasteiger partial charge in [-0.15, -0.1) is 11.3 Å². The molecule has 2 N–H and O–H groups in total. The highest BCUT2D eigenvalue weighted by Gasteiger charge is 2.28. The van der Waals surface area contributed by atoms with Gasteiger partial charge >= 0.3 is 0 Å². The first kappa shape index (κ1) is 19.0. The molecule has 5 rings (SSSR count). The first-order chi connectivity index (χ1) is 14.0. The van der Waals surface area contributed by atoms with Gasteiger partial charge in [-0.25, -0.2) is 4.98 Å². The Balaban J connectivity index is 1.71. The highest BCUT2D eigenvalue weighted by molar-refractivity contribution is 9.10. The highest BCUT2D eigenvalue weighted by Crippen LogP contribution is 2.45. The van der Waals surface area contributed by atoms with Gasteiger partial charge in [0.05, 0.1) is 5.69 Å². The molecule has 0 aliphatic heterocycles. The fraction of sp³-hybridized carbons (Fsp3) is 0.130. The van der Waals surface area contributed by atoms with Crippen molar-refractivity contribution in [2.24, 2.45) is 0 Å². The molecule has 0 saturated heterocycles. The Morgan fingerprint density at radius 2 is 1.62 bits per heavy atom. The molecule has 2 aromatic carbocycles. The second kappa shape index (κ2) is 7.35. The standard InChI is InChI=1S/C23H16Br2N2OS/c24-15-7-3-12(4-8-15)17-11-18(13-1-2-13)27-23-19(17)20(26)22(29-23)21(28)14-5-9-16(25)10-6-14/h3-11,13H,1-2,26H2. The van der Waals surface area contributed by atoms with E-state index in [9.17, 15) is 4.79 Å². The maximum absolute atomic E-state index is 13.2. The smallest absolute Gasteiger partial charge is 0.205 e. The van der Waals surface area contributed by atoms with Crippen LogP contribution in [-0.2, 0) is 0 Å². The van der Waals surface area contributed by atoms with Gasteiger partial charge in [-0.1, -0.05) is 44.0 Å². The largest absolute Gasteiger partial charge is 0.397 e. The number of hydrogen-bond acceptors (Lipinski definition) is 4. The average Bonchev–Trinajstić information content (AvgIpc) is 3.52. The predicted octanol–water partition coefficient (Wildman–Crippen LogP) is 7.18. The summed E-state index contributed by atoms with van der Waals surface area (Å²) in [6.45, 7) is 0. The fourth-order valence-electron chi connectivity index (χ4n) is 3.49. The lowest BCUT2D eigenvalue weighted by atomic mass is 9.99. The van der Waals surface area contributed by atoms with Crippen LogP contribution in [0.1, 0.15) is 39.7 Å². The van der Waals surface area contributed by atoms with Gasteiger partial charge in [-0.3, -0.25) is 4.79 Å². The Bertz CT molecular complexity index is 1240. The van der Waals surface area contributed by atoms with Crippen LogP contribution in [0.3, 0.4) is 0 Å². The van der Waals surface area contributed by atoms with E-state index in [-0.39, 0.29) is 5.78 Å². The zero-order valence-corrected chi connectivity index (χ0v) is 19.3. The van der Waals surface area contributed by atoms with Crippen LogP contribution in [0.25, 0.3) is 21.3 Å². The number of nitrogen functional groups attached to an aromatic ring is 1. The van der Waals surface area contributed by atoms with Crippen molar-refractivity contribution in [2.45, 2.75) is 18.8 Å². The zero-order chi connectivity index (χ0) is 20.1. The predicted molar refractivity (Wildman–Crippen MR) is 127 cm³/mol. The van der Waals surface area contributed by atoms with Crippen molar-refractivity contribution in [3.8, 4) is 11.1 Å². The number of fused-ring (bicyclic) bond motifs is 1. The van der Waals surface area contributed by atoms with Crippen LogP contribution in [0, 0.1) is 0 Å². The van der Waals surface area contributed by atoms with Gasteiger partial charge in [0.2, 0.25) is 5.78 Å². The number of halogens is 2. The molecule has 4 aromatic rings. The minimum atomic E-state index is -0.0623. The topological polar surface area (TPSA) is 56.0 Å². The molecule has 144 valence electrons. The minimum Gasteiger partial charge on any atom is -0.397 e. The van der Waals surface area contributed by atoms with Crippen LogP contribution in [0.4, 0.5) is 5.69 Å². The Labute approximate surface area is 189 Å². The second-order valence-electron chi connectivity index (χ2n) is 7.24. The Kier molecular flexibility index (Phi) is 4.81. The van der Waals surface area contributed by atoms with E-state index in [1.807, 2.05) is 36.4 Å². The summed E-state index contributed by atoms with van der Waals surface area (Å²) in [5.41, 5.74) is 10.9. The van der Waals surface area contributed by atoms with Crippen LogP contribution < -0.4 is 5.73 Å². The van der Waals surface area contributed by atoms with Crippen LogP contribution in [0.2, 0.25) is 0 Å². The molecule has 2 heterocycles. The van der Waals surface area contributed by atoms with Crippen LogP contribution in [0.5, 0.6) is 0 Å². The van der Waals surface area contributed by atoms with Crippen molar-refractivity contribution in [1.29, 1.82) is 0 Å². The van der Waals surface area contributed by atoms with Gasteiger partial charge < -0.3 is 5.73 Å². The second-order valence-corrected chi connectivity index (χ2v) is 10.1. The number of nitrogens with zero attached hydrogens (tertiary/aromatic N) is 1. The summed E-state index contributed by atoms with van der Waals surface area (Å²) in [6, 6.07) is 17.7. The van der Waals surface area contributed by atoms with Gasteiger partial charge in [0.25, 0.3) is 0 Å². The molecule has 2 aromatic heterocycles. The lowest BCUT2D eigenvalue weighted by molar-refractivity contribution is 0.104. The van der Waals surface area contributed by atoms with Crippen LogP contribution in [0.15, 0.2) is 63.5 Å². The van der Waals surface area contributed by atoms with E-state index < -0.39 is 0 Å². The van der Waals surface area contributed by atoms with Crippen molar-refractivity contribution < 1.29 is 4.79 Å². The fourth-order valence-corrected chi connectivity index (χ4v) is 5.10. The van der Waals surface area contributed by atoms with E-state index in [4.69, 9.17) is 10.7 Å². The summed E-state index contributed by atoms with van der Waals surface area (Å²) < 4.78 is 1.96. The maximum atomic E-state index is 13.2. The summed E-state index contributed by atoms with van der Waals surface area (Å²) in [7, 11) is 0. The molecule has 0 amide bonds. The number of hydrogen-bond donors (Lipinski definition) is 1. The molecule has 3 nitrogen and oxygen atoms in total. The first-order valence-electron chi connectivity index (χ1n) is 9.30. The molecule has 1 saturated carbocycles. The van der Waals surface area contributed by atoms with E-state index in [1.165, 1.54) is 24.2 Å². The maximum Gasteiger partial charge on any atom is 0.205 e. The van der Waals surface area contributed by atoms with Crippen molar-refractivity contribution in [2.75, 3.05) is 5.73 Å². The summed E-state index contributed by atoms with van der Waals surface area (Å²) in [6.07, 6.45) is 2.34. The number of carbonyl (C=O) groups excluding carboxylic acids is 1. The third-order valence-electron chi connectivity index (χ3n) is 5.18. The van der Waals surface area contributed by atoms with Crippen molar-refractivity contribution >= 4 is 64.9 Å². The van der Waals surface area contributed by atoms with E-state index >= 15 is 0 Å². The molecule has 1 aliphatic carbocycles. The average molecular weight is 528 g/mol. The molecule has 1 aliphatic rings. The number of rotatable bonds is 4. The van der Waals surface area contributed by atoms with Gasteiger partial charge in [-0.2, -0.15) is 0 Å². The quantitative estimate of drug-likeness (QED) is 0.286. The number of nitrogens with two attached hydrogens (primary N) is 1. The molecular formula is C23H16Br2N2OS. The van der Waals surface area contributed by atoms with E-state index in [0.717, 1.165) is 36.0 Å². The lowest BCUT2D eigenvalue weighted by Crippen LogP contribution is -2.02. The Morgan fingerprint density at radius 1 is 1.00 bits per heavy atom. The van der Waals surface area contributed by atoms with Gasteiger partial charge in [0, 0.05) is 31.5 Å². The summed E-state index contributed by atoms with van der Waals surface area (Å²) in [5.74, 6) is 0.454. The lowest BCUT2D eigenvalue weighted by Gasteiger charge is -2.08. The van der Waals surface area contributed by atoms with E-state index in [0.29, 0.717) is 22.0 Å². The molecule has 0 atom stereocenters. The molecule has 0 unspecified atom stereocenters. The molecule has 1 fully saturated rings. The number of aromatic nitrogens is 1. The minimum absolute atomic E-state index is 0.0623. The van der Waals surface area contributed by atoms with Crippen molar-refractivity contribution in [3.63, 3.8) is 0 Å². The first-order valence-corrected chi connectivity index (χ1v) is 11.7.